The van der Waals surface area contributed by atoms with Crippen molar-refractivity contribution in [1.29, 1.82) is 0 Å². The van der Waals surface area contributed by atoms with Gasteiger partial charge < -0.3 is 9.47 Å². The standard InChI is InChI=1S/C10H18O4/c1-7(2)13-8(11)6-9(12)14-10(3,4)5/h7H,6H2,1-5H3. The van der Waals surface area contributed by atoms with Gasteiger partial charge in [0.25, 0.3) is 0 Å². The van der Waals surface area contributed by atoms with Crippen LogP contribution in [0.5, 0.6) is 0 Å². The molecule has 0 atom stereocenters. The number of hydrogen-bond donors (Lipinski definition) is 0. The predicted octanol–water partition coefficient (Wildman–Crippen LogP) is 1.67. The summed E-state index contributed by atoms with van der Waals surface area (Å²) in [6.45, 7) is 8.70. The van der Waals surface area contributed by atoms with Crippen LogP contribution in [0, 0.1) is 0 Å². The van der Waals surface area contributed by atoms with Gasteiger partial charge in [0.05, 0.1) is 6.10 Å². The van der Waals surface area contributed by atoms with Gasteiger partial charge in [-0.1, -0.05) is 0 Å². The van der Waals surface area contributed by atoms with Crippen molar-refractivity contribution in [3.63, 3.8) is 0 Å². The third-order valence-corrected chi connectivity index (χ3v) is 1.08. The van der Waals surface area contributed by atoms with Crippen molar-refractivity contribution >= 4 is 11.9 Å². The van der Waals surface area contributed by atoms with E-state index in [1.54, 1.807) is 34.6 Å². The molecule has 0 aromatic carbocycles. The van der Waals surface area contributed by atoms with Gasteiger partial charge >= 0.3 is 11.9 Å². The molecule has 0 spiro atoms. The topological polar surface area (TPSA) is 52.6 Å². The largest absolute Gasteiger partial charge is 0.463 e. The molecule has 0 aromatic heterocycles. The normalized spacial score (nSPS) is 11.3. The highest BCUT2D eigenvalue weighted by molar-refractivity contribution is 5.91. The summed E-state index contributed by atoms with van der Waals surface area (Å²) in [5.74, 6) is -1.10. The average molecular weight is 202 g/mol. The molecule has 82 valence electrons. The number of carbonyl (C=O) groups is 2. The van der Waals surface area contributed by atoms with E-state index in [1.165, 1.54) is 0 Å². The van der Waals surface area contributed by atoms with Crippen molar-refractivity contribution in [2.75, 3.05) is 0 Å². The average Bonchev–Trinajstić information content (AvgIpc) is 1.77. The van der Waals surface area contributed by atoms with Gasteiger partial charge in [0.1, 0.15) is 12.0 Å². The van der Waals surface area contributed by atoms with Crippen LogP contribution in [0.3, 0.4) is 0 Å². The van der Waals surface area contributed by atoms with Crippen LogP contribution in [0.1, 0.15) is 41.0 Å². The van der Waals surface area contributed by atoms with Gasteiger partial charge in [-0.15, -0.1) is 0 Å². The molecule has 0 aliphatic heterocycles. The fourth-order valence-corrected chi connectivity index (χ4v) is 0.800. The Morgan fingerprint density at radius 2 is 1.64 bits per heavy atom. The first-order chi connectivity index (χ1) is 6.20. The lowest BCUT2D eigenvalue weighted by Gasteiger charge is -2.19. The van der Waals surface area contributed by atoms with Gasteiger partial charge in [0, 0.05) is 0 Å². The van der Waals surface area contributed by atoms with Gasteiger partial charge in [-0.3, -0.25) is 9.59 Å². The molecule has 0 heterocycles. The monoisotopic (exact) mass is 202 g/mol. The summed E-state index contributed by atoms with van der Waals surface area (Å²) in [5.41, 5.74) is -0.560. The Bertz CT molecular complexity index is 213. The molecule has 0 unspecified atom stereocenters. The quantitative estimate of drug-likeness (QED) is 0.516. The summed E-state index contributed by atoms with van der Waals surface area (Å²) < 4.78 is 9.75. The lowest BCUT2D eigenvalue weighted by Crippen LogP contribution is -2.26. The van der Waals surface area contributed by atoms with Gasteiger partial charge in [0.15, 0.2) is 0 Å². The minimum atomic E-state index is -0.560. The highest BCUT2D eigenvalue weighted by atomic mass is 16.6. The zero-order valence-electron chi connectivity index (χ0n) is 9.42. The number of hydrogen-bond acceptors (Lipinski definition) is 4. The van der Waals surface area contributed by atoms with Crippen LogP contribution in [0.25, 0.3) is 0 Å². The summed E-state index contributed by atoms with van der Waals surface area (Å²) in [7, 11) is 0. The molecule has 4 nitrogen and oxygen atoms in total. The molecule has 0 rings (SSSR count). The maximum absolute atomic E-state index is 11.1. The molecule has 0 amide bonds. The second-order valence-corrected chi connectivity index (χ2v) is 4.30. The van der Waals surface area contributed by atoms with E-state index < -0.39 is 17.5 Å². The predicted molar refractivity (Wildman–Crippen MR) is 51.7 cm³/mol. The van der Waals surface area contributed by atoms with Crippen molar-refractivity contribution in [2.24, 2.45) is 0 Å². The maximum atomic E-state index is 11.1. The van der Waals surface area contributed by atoms with E-state index in [9.17, 15) is 9.59 Å². The van der Waals surface area contributed by atoms with Crippen molar-refractivity contribution in [3.05, 3.63) is 0 Å². The van der Waals surface area contributed by atoms with E-state index in [1.807, 2.05) is 0 Å². The van der Waals surface area contributed by atoms with E-state index in [0.29, 0.717) is 0 Å². The molecule has 0 aliphatic carbocycles. The molecule has 0 radical (unpaired) electrons. The second kappa shape index (κ2) is 4.98. The molecule has 0 aliphatic rings. The Morgan fingerprint density at radius 3 is 2.00 bits per heavy atom. The molecule has 0 saturated heterocycles. The van der Waals surface area contributed by atoms with Gasteiger partial charge in [-0.25, -0.2) is 0 Å². The molecule has 0 aromatic rings. The first kappa shape index (κ1) is 12.9. The third kappa shape index (κ3) is 7.58. The summed E-state index contributed by atoms with van der Waals surface area (Å²) in [6, 6.07) is 0. The first-order valence-corrected chi connectivity index (χ1v) is 4.62. The molecular formula is C10H18O4. The molecule has 0 saturated carbocycles. The molecular weight excluding hydrogens is 184 g/mol. The highest BCUT2D eigenvalue weighted by Gasteiger charge is 2.19. The molecule has 4 heteroatoms. The zero-order valence-corrected chi connectivity index (χ0v) is 9.42. The van der Waals surface area contributed by atoms with E-state index in [-0.39, 0.29) is 12.5 Å². The molecule has 0 N–H and O–H groups in total. The van der Waals surface area contributed by atoms with Crippen LogP contribution in [0.4, 0.5) is 0 Å². The van der Waals surface area contributed by atoms with Crippen molar-refractivity contribution < 1.29 is 19.1 Å². The third-order valence-electron chi connectivity index (χ3n) is 1.08. The summed E-state index contributed by atoms with van der Waals surface area (Å²) in [6.07, 6.45) is -0.528. The Balaban J connectivity index is 3.90. The number of rotatable bonds is 3. The van der Waals surface area contributed by atoms with Crippen LogP contribution >= 0.6 is 0 Å². The first-order valence-electron chi connectivity index (χ1n) is 4.62. The lowest BCUT2D eigenvalue weighted by atomic mass is 10.2. The van der Waals surface area contributed by atoms with E-state index in [0.717, 1.165) is 0 Å². The number of esters is 2. The number of carbonyl (C=O) groups excluding carboxylic acids is 2. The van der Waals surface area contributed by atoms with Crippen molar-refractivity contribution in [3.8, 4) is 0 Å². The van der Waals surface area contributed by atoms with Gasteiger partial charge in [-0.05, 0) is 34.6 Å². The Morgan fingerprint density at radius 1 is 1.14 bits per heavy atom. The lowest BCUT2D eigenvalue weighted by molar-refractivity contribution is -0.162. The summed E-state index contributed by atoms with van der Waals surface area (Å²) >= 11 is 0. The zero-order chi connectivity index (χ0) is 11.4. The SMILES string of the molecule is CC(C)OC(=O)CC(=O)OC(C)(C)C. The van der Waals surface area contributed by atoms with E-state index >= 15 is 0 Å². The fraction of sp³-hybridized carbons (Fsp3) is 0.800. The summed E-state index contributed by atoms with van der Waals surface area (Å²) in [4.78, 5) is 22.2. The van der Waals surface area contributed by atoms with Crippen LogP contribution < -0.4 is 0 Å². The van der Waals surface area contributed by atoms with Crippen molar-refractivity contribution in [2.45, 2.75) is 52.7 Å². The molecule has 14 heavy (non-hydrogen) atoms. The summed E-state index contributed by atoms with van der Waals surface area (Å²) in [5, 5.41) is 0. The van der Waals surface area contributed by atoms with Crippen molar-refractivity contribution in [1.82, 2.24) is 0 Å². The van der Waals surface area contributed by atoms with E-state index in [2.05, 4.69) is 0 Å². The minimum Gasteiger partial charge on any atom is -0.463 e. The Labute approximate surface area is 84.6 Å². The minimum absolute atomic E-state index is 0.204. The Hall–Kier alpha value is -1.06. The van der Waals surface area contributed by atoms with Crippen LogP contribution in [0.15, 0.2) is 0 Å². The van der Waals surface area contributed by atoms with E-state index in [4.69, 9.17) is 9.47 Å². The second-order valence-electron chi connectivity index (χ2n) is 4.30. The number of ether oxygens (including phenoxy) is 2. The van der Waals surface area contributed by atoms with Gasteiger partial charge in [-0.2, -0.15) is 0 Å². The molecule has 0 bridgehead atoms. The maximum Gasteiger partial charge on any atom is 0.317 e. The Kier molecular flexibility index (Phi) is 4.60. The molecule has 0 fully saturated rings. The van der Waals surface area contributed by atoms with Gasteiger partial charge in [0.2, 0.25) is 0 Å². The van der Waals surface area contributed by atoms with Crippen LogP contribution in [0.2, 0.25) is 0 Å². The highest BCUT2D eigenvalue weighted by Crippen LogP contribution is 2.08. The van der Waals surface area contributed by atoms with Crippen LogP contribution in [-0.2, 0) is 19.1 Å². The van der Waals surface area contributed by atoms with Crippen LogP contribution in [-0.4, -0.2) is 23.6 Å². The smallest absolute Gasteiger partial charge is 0.317 e. The fourth-order valence-electron chi connectivity index (χ4n) is 0.800.